The number of carbonyl (C=O) groups excluding carboxylic acids is 1. The van der Waals surface area contributed by atoms with Crippen LogP contribution in [0, 0.1) is 6.92 Å². The van der Waals surface area contributed by atoms with Crippen LogP contribution in [-0.2, 0) is 11.3 Å². The van der Waals surface area contributed by atoms with E-state index < -0.39 is 0 Å². The fourth-order valence-corrected chi connectivity index (χ4v) is 4.02. The number of ether oxygens (including phenoxy) is 3. The summed E-state index contributed by atoms with van der Waals surface area (Å²) < 4.78 is 18.1. The zero-order valence-electron chi connectivity index (χ0n) is 16.0. The summed E-state index contributed by atoms with van der Waals surface area (Å²) >= 11 is 3.46. The minimum atomic E-state index is -0.0771. The van der Waals surface area contributed by atoms with Crippen LogP contribution in [0.3, 0.4) is 0 Å². The molecule has 0 atom stereocenters. The number of carbonyl (C=O) groups is 1. The largest absolute Gasteiger partial charge is 0.478 e. The van der Waals surface area contributed by atoms with E-state index in [1.54, 1.807) is 13.2 Å². The van der Waals surface area contributed by atoms with Crippen molar-refractivity contribution < 1.29 is 19.0 Å². The van der Waals surface area contributed by atoms with Crippen molar-refractivity contribution in [3.05, 3.63) is 62.8 Å². The van der Waals surface area contributed by atoms with E-state index in [1.807, 2.05) is 37.3 Å². The highest BCUT2D eigenvalue weighted by Gasteiger charge is 2.35. The van der Waals surface area contributed by atoms with Crippen molar-refractivity contribution in [1.29, 1.82) is 0 Å². The van der Waals surface area contributed by atoms with Gasteiger partial charge in [0.25, 0.3) is 0 Å². The number of ketones is 1. The molecule has 28 heavy (non-hydrogen) atoms. The van der Waals surface area contributed by atoms with Crippen LogP contribution >= 0.6 is 15.9 Å². The summed E-state index contributed by atoms with van der Waals surface area (Å²) in [6.45, 7) is 4.73. The van der Waals surface area contributed by atoms with Crippen LogP contribution in [0.5, 0.6) is 11.5 Å². The van der Waals surface area contributed by atoms with E-state index in [1.165, 1.54) is 0 Å². The maximum atomic E-state index is 13.0. The Morgan fingerprint density at radius 3 is 2.96 bits per heavy atom. The Morgan fingerprint density at radius 1 is 1.32 bits per heavy atom. The number of nitrogens with zero attached hydrogens (tertiary/aromatic N) is 1. The van der Waals surface area contributed by atoms with Crippen molar-refractivity contribution in [2.45, 2.75) is 19.9 Å². The Labute approximate surface area is 173 Å². The van der Waals surface area contributed by atoms with Crippen LogP contribution in [-0.4, -0.2) is 37.7 Å². The first kappa shape index (κ1) is 19.2. The molecular weight excluding hydrogens is 422 g/mol. The van der Waals surface area contributed by atoms with Crippen LogP contribution in [0.4, 0.5) is 0 Å². The Kier molecular flexibility index (Phi) is 5.53. The first-order valence-corrected chi connectivity index (χ1v) is 10.1. The number of benzene rings is 2. The highest BCUT2D eigenvalue weighted by Crippen LogP contribution is 2.44. The molecule has 2 aromatic rings. The number of allylic oxidation sites excluding steroid dienone is 1. The predicted octanol–water partition coefficient (Wildman–Crippen LogP) is 4.56. The van der Waals surface area contributed by atoms with E-state index in [-0.39, 0.29) is 5.78 Å². The molecule has 0 N–H and O–H groups in total. The molecular formula is C22H22BrNO4. The lowest BCUT2D eigenvalue weighted by Gasteiger charge is -2.30. The standard InChI is InChI=1S/C22H22BrNO4/c1-14-9-18-17(12-24(13-27-18)7-4-8-26-2)22-20(14)21(25)19(28-22)11-15-5-3-6-16(23)10-15/h3,5-6,9-11H,4,7-8,12-13H2,1-2H3/b19-11-. The molecule has 0 aromatic heterocycles. The van der Waals surface area contributed by atoms with Gasteiger partial charge in [0.05, 0.1) is 11.1 Å². The lowest BCUT2D eigenvalue weighted by Crippen LogP contribution is -2.33. The van der Waals surface area contributed by atoms with Gasteiger partial charge in [0.1, 0.15) is 18.2 Å². The summed E-state index contributed by atoms with van der Waals surface area (Å²) in [7, 11) is 1.70. The minimum Gasteiger partial charge on any atom is -0.478 e. The number of halogens is 1. The number of aryl methyl sites for hydroxylation is 1. The van der Waals surface area contributed by atoms with Crippen molar-refractivity contribution in [3.8, 4) is 11.5 Å². The SMILES string of the molecule is COCCCN1COc2cc(C)c3c(c2C1)O/C(=C\c1cccc(Br)c1)C3=O. The fraction of sp³-hybridized carbons (Fsp3) is 0.318. The molecule has 5 nitrogen and oxygen atoms in total. The minimum absolute atomic E-state index is 0.0771. The Hall–Kier alpha value is -2.15. The van der Waals surface area contributed by atoms with Crippen LogP contribution in [0.2, 0.25) is 0 Å². The maximum Gasteiger partial charge on any atom is 0.232 e. The van der Waals surface area contributed by atoms with Crippen LogP contribution in [0.1, 0.15) is 33.5 Å². The van der Waals surface area contributed by atoms with Crippen LogP contribution < -0.4 is 9.47 Å². The predicted molar refractivity (Wildman–Crippen MR) is 111 cm³/mol. The molecule has 0 saturated carbocycles. The molecule has 146 valence electrons. The lowest BCUT2D eigenvalue weighted by atomic mass is 9.98. The summed E-state index contributed by atoms with van der Waals surface area (Å²) in [4.78, 5) is 15.2. The van der Waals surface area contributed by atoms with Crippen molar-refractivity contribution in [2.24, 2.45) is 0 Å². The zero-order valence-corrected chi connectivity index (χ0v) is 17.5. The number of hydrogen-bond acceptors (Lipinski definition) is 5. The number of Topliss-reactive ketones (excluding diaryl/α,β-unsaturated/α-hetero) is 1. The van der Waals surface area contributed by atoms with Gasteiger partial charge in [-0.2, -0.15) is 0 Å². The molecule has 0 amide bonds. The third kappa shape index (κ3) is 3.72. The molecule has 2 heterocycles. The first-order valence-electron chi connectivity index (χ1n) is 9.27. The first-order chi connectivity index (χ1) is 13.6. The molecule has 4 rings (SSSR count). The molecule has 2 aliphatic rings. The van der Waals surface area contributed by atoms with Gasteiger partial charge in [-0.25, -0.2) is 0 Å². The van der Waals surface area contributed by atoms with Gasteiger partial charge in [-0.1, -0.05) is 28.1 Å². The van der Waals surface area contributed by atoms with Gasteiger partial charge in [-0.15, -0.1) is 0 Å². The normalized spacial score (nSPS) is 17.2. The second-order valence-electron chi connectivity index (χ2n) is 7.04. The Morgan fingerprint density at radius 2 is 2.18 bits per heavy atom. The summed E-state index contributed by atoms with van der Waals surface area (Å²) in [5, 5.41) is 0. The number of hydrogen-bond donors (Lipinski definition) is 0. The van der Waals surface area contributed by atoms with Crippen molar-refractivity contribution >= 4 is 27.8 Å². The second kappa shape index (κ2) is 8.07. The topological polar surface area (TPSA) is 48.0 Å². The van der Waals surface area contributed by atoms with Crippen LogP contribution in [0.25, 0.3) is 6.08 Å². The van der Waals surface area contributed by atoms with E-state index >= 15 is 0 Å². The third-order valence-electron chi connectivity index (χ3n) is 4.96. The molecule has 0 fully saturated rings. The molecule has 0 saturated heterocycles. The highest BCUT2D eigenvalue weighted by molar-refractivity contribution is 9.10. The third-order valence-corrected chi connectivity index (χ3v) is 5.45. The molecule has 2 aromatic carbocycles. The molecule has 0 aliphatic carbocycles. The van der Waals surface area contributed by atoms with Crippen molar-refractivity contribution in [2.75, 3.05) is 27.0 Å². The van der Waals surface area contributed by atoms with Gasteiger partial charge in [0.2, 0.25) is 5.78 Å². The lowest BCUT2D eigenvalue weighted by molar-refractivity contribution is 0.0822. The monoisotopic (exact) mass is 443 g/mol. The van der Waals surface area contributed by atoms with Gasteiger partial charge in [-0.3, -0.25) is 9.69 Å². The van der Waals surface area contributed by atoms with E-state index in [0.717, 1.165) is 39.9 Å². The molecule has 6 heteroatoms. The summed E-state index contributed by atoms with van der Waals surface area (Å²) in [5.41, 5.74) is 3.37. The summed E-state index contributed by atoms with van der Waals surface area (Å²) in [6.07, 6.45) is 2.72. The van der Waals surface area contributed by atoms with Gasteiger partial charge >= 0.3 is 0 Å². The maximum absolute atomic E-state index is 13.0. The Bertz CT molecular complexity index is 954. The van der Waals surface area contributed by atoms with E-state index in [9.17, 15) is 4.79 Å². The summed E-state index contributed by atoms with van der Waals surface area (Å²) in [5.74, 6) is 1.71. The molecule has 0 spiro atoms. The second-order valence-corrected chi connectivity index (χ2v) is 7.96. The Balaban J connectivity index is 1.65. The van der Waals surface area contributed by atoms with E-state index in [0.29, 0.717) is 37.0 Å². The zero-order chi connectivity index (χ0) is 19.7. The van der Waals surface area contributed by atoms with E-state index in [2.05, 4.69) is 20.8 Å². The molecule has 0 radical (unpaired) electrons. The van der Waals surface area contributed by atoms with Gasteiger partial charge < -0.3 is 14.2 Å². The fourth-order valence-electron chi connectivity index (χ4n) is 3.60. The quantitative estimate of drug-likeness (QED) is 0.500. The molecule has 2 aliphatic heterocycles. The number of fused-ring (bicyclic) bond motifs is 3. The molecule has 0 bridgehead atoms. The van der Waals surface area contributed by atoms with Gasteiger partial charge in [-0.05, 0) is 48.7 Å². The van der Waals surface area contributed by atoms with Gasteiger partial charge in [0.15, 0.2) is 5.76 Å². The van der Waals surface area contributed by atoms with Crippen molar-refractivity contribution in [3.63, 3.8) is 0 Å². The average molecular weight is 444 g/mol. The number of methoxy groups -OCH3 is 1. The molecule has 0 unspecified atom stereocenters. The van der Waals surface area contributed by atoms with Gasteiger partial charge in [0, 0.05) is 31.3 Å². The van der Waals surface area contributed by atoms with Crippen LogP contribution in [0.15, 0.2) is 40.6 Å². The van der Waals surface area contributed by atoms with Crippen molar-refractivity contribution in [1.82, 2.24) is 4.90 Å². The summed E-state index contributed by atoms with van der Waals surface area (Å²) in [6, 6.07) is 9.73. The average Bonchev–Trinajstić information content (AvgIpc) is 3.00. The highest BCUT2D eigenvalue weighted by atomic mass is 79.9. The number of rotatable bonds is 5. The van der Waals surface area contributed by atoms with E-state index in [4.69, 9.17) is 14.2 Å². The smallest absolute Gasteiger partial charge is 0.232 e.